The third kappa shape index (κ3) is 1.45. The average Bonchev–Trinajstić information content (AvgIpc) is 2.64. The Morgan fingerprint density at radius 1 is 0.824 bits per heavy atom. The molecule has 2 aromatic carbocycles. The molecule has 3 nitrogen and oxygen atoms in total. The molecule has 0 aliphatic carbocycles. The van der Waals surface area contributed by atoms with E-state index >= 15 is 0 Å². The molecule has 0 saturated carbocycles. The summed E-state index contributed by atoms with van der Waals surface area (Å²) < 4.78 is 4.11. The number of fused-ring (bicyclic) bond motifs is 1. The SMILES string of the molecule is Nn1c(=S)n(-c2ccccc2)c2ccccc21. The largest absolute Gasteiger partial charge is 0.337 e. The summed E-state index contributed by atoms with van der Waals surface area (Å²) in [6, 6.07) is 17.9. The van der Waals surface area contributed by atoms with Crippen molar-refractivity contribution in [2.45, 2.75) is 0 Å². The van der Waals surface area contributed by atoms with Crippen LogP contribution in [0.25, 0.3) is 16.7 Å². The Hall–Kier alpha value is -2.07. The first kappa shape index (κ1) is 10.1. The number of hydrogen-bond donors (Lipinski definition) is 1. The number of para-hydroxylation sites is 3. The van der Waals surface area contributed by atoms with Crippen LogP contribution in [0.5, 0.6) is 0 Å². The van der Waals surface area contributed by atoms with Gasteiger partial charge in [0.25, 0.3) is 0 Å². The second-order valence-corrected chi connectivity index (χ2v) is 4.18. The highest BCUT2D eigenvalue weighted by molar-refractivity contribution is 7.71. The van der Waals surface area contributed by atoms with E-state index in [0.29, 0.717) is 4.77 Å². The van der Waals surface area contributed by atoms with Crippen molar-refractivity contribution in [3.8, 4) is 5.69 Å². The molecule has 0 spiro atoms. The minimum absolute atomic E-state index is 0.595. The highest BCUT2D eigenvalue weighted by Gasteiger charge is 2.08. The van der Waals surface area contributed by atoms with Gasteiger partial charge in [0.1, 0.15) is 0 Å². The Bertz CT molecular complexity index is 725. The van der Waals surface area contributed by atoms with Gasteiger partial charge in [-0.1, -0.05) is 30.3 Å². The van der Waals surface area contributed by atoms with Crippen LogP contribution in [0.15, 0.2) is 54.6 Å². The summed E-state index contributed by atoms with van der Waals surface area (Å²) in [5, 5.41) is 0. The average molecular weight is 241 g/mol. The first-order chi connectivity index (χ1) is 8.29. The summed E-state index contributed by atoms with van der Waals surface area (Å²) in [6.07, 6.45) is 0. The van der Waals surface area contributed by atoms with Gasteiger partial charge in [-0.15, -0.1) is 0 Å². The third-order valence-corrected chi connectivity index (χ3v) is 3.17. The van der Waals surface area contributed by atoms with Crippen molar-refractivity contribution in [2.75, 3.05) is 5.84 Å². The normalized spacial score (nSPS) is 10.8. The fourth-order valence-corrected chi connectivity index (χ4v) is 2.30. The number of rotatable bonds is 1. The lowest BCUT2D eigenvalue weighted by Gasteiger charge is -2.03. The fraction of sp³-hybridized carbons (Fsp3) is 0. The summed E-state index contributed by atoms with van der Waals surface area (Å²) in [6.45, 7) is 0. The Morgan fingerprint density at radius 2 is 1.41 bits per heavy atom. The van der Waals surface area contributed by atoms with Gasteiger partial charge >= 0.3 is 0 Å². The molecular formula is C13H11N3S. The van der Waals surface area contributed by atoms with Crippen LogP contribution in [-0.2, 0) is 0 Å². The van der Waals surface area contributed by atoms with Crippen molar-refractivity contribution in [1.29, 1.82) is 0 Å². The molecule has 0 bridgehead atoms. The maximum atomic E-state index is 5.97. The smallest absolute Gasteiger partial charge is 0.204 e. The predicted octanol–water partition coefficient (Wildman–Crippen LogP) is 2.88. The van der Waals surface area contributed by atoms with Gasteiger partial charge in [-0.25, -0.2) is 4.68 Å². The van der Waals surface area contributed by atoms with Gasteiger partial charge in [-0.05, 0) is 36.5 Å². The highest BCUT2D eigenvalue weighted by Crippen LogP contribution is 2.20. The van der Waals surface area contributed by atoms with Gasteiger partial charge < -0.3 is 5.84 Å². The molecule has 0 aliphatic heterocycles. The molecular weight excluding hydrogens is 230 g/mol. The number of nitrogens with zero attached hydrogens (tertiary/aromatic N) is 2. The summed E-state index contributed by atoms with van der Waals surface area (Å²) in [5.74, 6) is 5.97. The molecule has 0 radical (unpaired) electrons. The molecule has 17 heavy (non-hydrogen) atoms. The van der Waals surface area contributed by atoms with Crippen LogP contribution >= 0.6 is 12.2 Å². The summed E-state index contributed by atoms with van der Waals surface area (Å²) in [5.41, 5.74) is 2.98. The van der Waals surface area contributed by atoms with E-state index in [2.05, 4.69) is 0 Å². The summed E-state index contributed by atoms with van der Waals surface area (Å²) in [4.78, 5) is 0. The Kier molecular flexibility index (Phi) is 2.23. The molecule has 1 aromatic heterocycles. The second kappa shape index (κ2) is 3.75. The van der Waals surface area contributed by atoms with Gasteiger partial charge in [-0.2, -0.15) is 0 Å². The maximum Gasteiger partial charge on any atom is 0.204 e. The van der Waals surface area contributed by atoms with Crippen molar-refractivity contribution >= 4 is 23.3 Å². The third-order valence-electron chi connectivity index (χ3n) is 2.79. The van der Waals surface area contributed by atoms with Crippen LogP contribution in [0.3, 0.4) is 0 Å². The van der Waals surface area contributed by atoms with Crippen LogP contribution in [0.2, 0.25) is 0 Å². The van der Waals surface area contributed by atoms with Crippen LogP contribution in [0.4, 0.5) is 0 Å². The van der Waals surface area contributed by atoms with Crippen LogP contribution in [-0.4, -0.2) is 9.24 Å². The van der Waals surface area contributed by atoms with Gasteiger partial charge in [0.05, 0.1) is 11.0 Å². The molecule has 0 saturated heterocycles. The first-order valence-corrected chi connectivity index (χ1v) is 5.73. The quantitative estimate of drug-likeness (QED) is 0.525. The van der Waals surface area contributed by atoms with E-state index in [0.717, 1.165) is 16.7 Å². The first-order valence-electron chi connectivity index (χ1n) is 5.32. The highest BCUT2D eigenvalue weighted by atomic mass is 32.1. The molecule has 0 fully saturated rings. The van der Waals surface area contributed by atoms with Gasteiger partial charge in [0.15, 0.2) is 0 Å². The zero-order chi connectivity index (χ0) is 11.8. The zero-order valence-corrected chi connectivity index (χ0v) is 9.89. The van der Waals surface area contributed by atoms with E-state index in [9.17, 15) is 0 Å². The topological polar surface area (TPSA) is 35.9 Å². The van der Waals surface area contributed by atoms with Crippen molar-refractivity contribution in [2.24, 2.45) is 0 Å². The molecule has 1 heterocycles. The van der Waals surface area contributed by atoms with Gasteiger partial charge in [0, 0.05) is 5.69 Å². The number of nitrogen functional groups attached to an aromatic ring is 1. The molecule has 0 amide bonds. The summed E-state index contributed by atoms with van der Waals surface area (Å²) in [7, 11) is 0. The van der Waals surface area contributed by atoms with Gasteiger partial charge in [0.2, 0.25) is 4.77 Å². The number of nitrogens with two attached hydrogens (primary N) is 1. The van der Waals surface area contributed by atoms with Crippen molar-refractivity contribution < 1.29 is 0 Å². The van der Waals surface area contributed by atoms with E-state index < -0.39 is 0 Å². The molecule has 0 unspecified atom stereocenters. The minimum Gasteiger partial charge on any atom is -0.337 e. The van der Waals surface area contributed by atoms with E-state index in [-0.39, 0.29) is 0 Å². The Morgan fingerprint density at radius 3 is 2.12 bits per heavy atom. The minimum atomic E-state index is 0.595. The lowest BCUT2D eigenvalue weighted by Crippen LogP contribution is -2.08. The fourth-order valence-electron chi connectivity index (χ4n) is 2.00. The number of aromatic nitrogens is 2. The monoisotopic (exact) mass is 241 g/mol. The number of imidazole rings is 1. The van der Waals surface area contributed by atoms with Gasteiger partial charge in [-0.3, -0.25) is 4.57 Å². The molecule has 84 valence electrons. The Labute approximate surface area is 104 Å². The Balaban J connectivity index is 2.45. The number of hydrogen-bond acceptors (Lipinski definition) is 2. The van der Waals surface area contributed by atoms with E-state index in [4.69, 9.17) is 18.1 Å². The zero-order valence-electron chi connectivity index (χ0n) is 9.08. The molecule has 3 rings (SSSR count). The lowest BCUT2D eigenvalue weighted by atomic mass is 10.3. The van der Waals surface area contributed by atoms with Crippen LogP contribution in [0, 0.1) is 4.77 Å². The maximum absolute atomic E-state index is 5.97. The summed E-state index contributed by atoms with van der Waals surface area (Å²) >= 11 is 5.38. The second-order valence-electron chi connectivity index (χ2n) is 3.81. The van der Waals surface area contributed by atoms with Crippen LogP contribution < -0.4 is 5.84 Å². The lowest BCUT2D eigenvalue weighted by molar-refractivity contribution is 0.946. The molecule has 2 N–H and O–H groups in total. The standard InChI is InChI=1S/C13H11N3S/c14-16-12-9-5-4-8-11(12)15(13(16)17)10-6-2-1-3-7-10/h1-9H,14H2. The number of benzene rings is 2. The van der Waals surface area contributed by atoms with Crippen LogP contribution in [0.1, 0.15) is 0 Å². The van der Waals surface area contributed by atoms with E-state index in [1.807, 2.05) is 59.2 Å². The molecule has 3 aromatic rings. The van der Waals surface area contributed by atoms with Crippen molar-refractivity contribution in [3.05, 3.63) is 59.4 Å². The van der Waals surface area contributed by atoms with Crippen molar-refractivity contribution in [1.82, 2.24) is 9.24 Å². The van der Waals surface area contributed by atoms with E-state index in [1.54, 1.807) is 0 Å². The predicted molar refractivity (Wildman–Crippen MR) is 72.2 cm³/mol. The molecule has 0 aliphatic rings. The molecule has 0 atom stereocenters. The molecule has 4 heteroatoms. The van der Waals surface area contributed by atoms with Crippen molar-refractivity contribution in [3.63, 3.8) is 0 Å². The van der Waals surface area contributed by atoms with E-state index in [1.165, 1.54) is 4.68 Å².